The molecule has 0 saturated carbocycles. The Kier molecular flexibility index (Phi) is 4.28. The van der Waals surface area contributed by atoms with E-state index in [1.54, 1.807) is 0 Å². The SMILES string of the molecule is COC(=O)C1COCCN1Cc1cncc(C)c1. The van der Waals surface area contributed by atoms with Gasteiger partial charge in [-0.2, -0.15) is 0 Å². The monoisotopic (exact) mass is 250 g/mol. The Morgan fingerprint density at radius 3 is 3.17 bits per heavy atom. The molecule has 0 N–H and O–H groups in total. The van der Waals surface area contributed by atoms with Crippen molar-refractivity contribution in [3.8, 4) is 0 Å². The van der Waals surface area contributed by atoms with Crippen molar-refractivity contribution < 1.29 is 14.3 Å². The van der Waals surface area contributed by atoms with Crippen LogP contribution in [0.15, 0.2) is 18.5 Å². The van der Waals surface area contributed by atoms with Crippen molar-refractivity contribution in [2.24, 2.45) is 0 Å². The van der Waals surface area contributed by atoms with E-state index < -0.39 is 0 Å². The van der Waals surface area contributed by atoms with Crippen LogP contribution >= 0.6 is 0 Å². The Labute approximate surface area is 107 Å². The Morgan fingerprint density at radius 2 is 2.44 bits per heavy atom. The lowest BCUT2D eigenvalue weighted by atomic mass is 10.1. The fourth-order valence-corrected chi connectivity index (χ4v) is 2.12. The second-order valence-electron chi connectivity index (χ2n) is 4.45. The van der Waals surface area contributed by atoms with E-state index in [1.807, 2.05) is 19.3 Å². The molecular formula is C13H18N2O3. The minimum absolute atomic E-state index is 0.240. The van der Waals surface area contributed by atoms with Gasteiger partial charge in [-0.15, -0.1) is 0 Å². The summed E-state index contributed by atoms with van der Waals surface area (Å²) in [4.78, 5) is 17.9. The summed E-state index contributed by atoms with van der Waals surface area (Å²) in [5, 5.41) is 0. The first-order valence-corrected chi connectivity index (χ1v) is 6.01. The van der Waals surface area contributed by atoms with Gasteiger partial charge in [-0.3, -0.25) is 14.7 Å². The van der Waals surface area contributed by atoms with Gasteiger partial charge in [0.2, 0.25) is 0 Å². The first-order valence-electron chi connectivity index (χ1n) is 6.01. The fraction of sp³-hybridized carbons (Fsp3) is 0.538. The van der Waals surface area contributed by atoms with Gasteiger partial charge in [0.05, 0.1) is 20.3 Å². The summed E-state index contributed by atoms with van der Waals surface area (Å²) >= 11 is 0. The number of ether oxygens (including phenoxy) is 2. The number of esters is 1. The molecule has 1 unspecified atom stereocenters. The van der Waals surface area contributed by atoms with Crippen LogP contribution in [0.2, 0.25) is 0 Å². The van der Waals surface area contributed by atoms with Crippen molar-refractivity contribution in [3.63, 3.8) is 0 Å². The average Bonchev–Trinajstić information content (AvgIpc) is 2.38. The van der Waals surface area contributed by atoms with Gasteiger partial charge in [0.15, 0.2) is 0 Å². The van der Waals surface area contributed by atoms with Crippen LogP contribution in [0.1, 0.15) is 11.1 Å². The van der Waals surface area contributed by atoms with Crippen molar-refractivity contribution >= 4 is 5.97 Å². The quantitative estimate of drug-likeness (QED) is 0.741. The van der Waals surface area contributed by atoms with Gasteiger partial charge in [0, 0.05) is 25.5 Å². The minimum Gasteiger partial charge on any atom is -0.468 e. The lowest BCUT2D eigenvalue weighted by Crippen LogP contribution is -2.49. The van der Waals surface area contributed by atoms with Crippen molar-refractivity contribution in [1.29, 1.82) is 0 Å². The van der Waals surface area contributed by atoms with E-state index in [0.717, 1.165) is 17.7 Å². The van der Waals surface area contributed by atoms with Gasteiger partial charge in [-0.05, 0) is 18.1 Å². The zero-order chi connectivity index (χ0) is 13.0. The van der Waals surface area contributed by atoms with Crippen molar-refractivity contribution in [2.45, 2.75) is 19.5 Å². The molecule has 0 bridgehead atoms. The number of hydrogen-bond donors (Lipinski definition) is 0. The summed E-state index contributed by atoms with van der Waals surface area (Å²) < 4.78 is 10.1. The van der Waals surface area contributed by atoms with E-state index in [1.165, 1.54) is 7.11 Å². The number of hydrogen-bond acceptors (Lipinski definition) is 5. The van der Waals surface area contributed by atoms with Gasteiger partial charge in [-0.1, -0.05) is 6.07 Å². The Bertz CT molecular complexity index is 422. The Balaban J connectivity index is 2.07. The predicted molar refractivity (Wildman–Crippen MR) is 66.0 cm³/mol. The molecule has 1 aliphatic rings. The van der Waals surface area contributed by atoms with E-state index in [4.69, 9.17) is 9.47 Å². The number of aryl methyl sites for hydroxylation is 1. The first-order chi connectivity index (χ1) is 8.70. The maximum absolute atomic E-state index is 11.7. The maximum atomic E-state index is 11.7. The number of nitrogens with zero attached hydrogens (tertiary/aromatic N) is 2. The Hall–Kier alpha value is -1.46. The van der Waals surface area contributed by atoms with E-state index in [2.05, 4.69) is 16.0 Å². The minimum atomic E-state index is -0.315. The van der Waals surface area contributed by atoms with Crippen LogP contribution in [0.4, 0.5) is 0 Å². The molecule has 98 valence electrons. The highest BCUT2D eigenvalue weighted by atomic mass is 16.5. The lowest BCUT2D eigenvalue weighted by Gasteiger charge is -2.33. The summed E-state index contributed by atoms with van der Waals surface area (Å²) in [5.41, 5.74) is 2.22. The lowest BCUT2D eigenvalue weighted by molar-refractivity contribution is -0.153. The number of pyridine rings is 1. The summed E-state index contributed by atoms with van der Waals surface area (Å²) in [6.45, 7) is 4.47. The van der Waals surface area contributed by atoms with Crippen LogP contribution in [0.3, 0.4) is 0 Å². The number of aromatic nitrogens is 1. The molecule has 1 atom stereocenters. The highest BCUT2D eigenvalue weighted by Crippen LogP contribution is 2.13. The van der Waals surface area contributed by atoms with Crippen LogP contribution < -0.4 is 0 Å². The van der Waals surface area contributed by atoms with Crippen LogP contribution in [-0.4, -0.2) is 48.8 Å². The molecule has 0 radical (unpaired) electrons. The molecule has 1 saturated heterocycles. The highest BCUT2D eigenvalue weighted by molar-refractivity contribution is 5.75. The number of methoxy groups -OCH3 is 1. The first kappa shape index (κ1) is 13.0. The zero-order valence-corrected chi connectivity index (χ0v) is 10.8. The highest BCUT2D eigenvalue weighted by Gasteiger charge is 2.30. The van der Waals surface area contributed by atoms with Crippen molar-refractivity contribution in [1.82, 2.24) is 9.88 Å². The molecule has 5 nitrogen and oxygen atoms in total. The summed E-state index contributed by atoms with van der Waals surface area (Å²) in [6, 6.07) is 1.76. The molecule has 0 amide bonds. The third-order valence-electron chi connectivity index (χ3n) is 3.03. The van der Waals surface area contributed by atoms with Gasteiger partial charge in [0.1, 0.15) is 6.04 Å². The molecule has 1 aromatic heterocycles. The molecule has 1 aromatic rings. The molecule has 5 heteroatoms. The fourth-order valence-electron chi connectivity index (χ4n) is 2.12. The molecule has 0 spiro atoms. The molecular weight excluding hydrogens is 232 g/mol. The van der Waals surface area contributed by atoms with Crippen LogP contribution in [0.25, 0.3) is 0 Å². The molecule has 1 aliphatic heterocycles. The topological polar surface area (TPSA) is 51.7 Å². The maximum Gasteiger partial charge on any atom is 0.325 e. The summed E-state index contributed by atoms with van der Waals surface area (Å²) in [7, 11) is 1.41. The van der Waals surface area contributed by atoms with Gasteiger partial charge in [-0.25, -0.2) is 0 Å². The molecule has 2 heterocycles. The standard InChI is InChI=1S/C13H18N2O3/c1-10-5-11(7-14-6-10)8-15-3-4-18-9-12(15)13(16)17-2/h5-7,12H,3-4,8-9H2,1-2H3. The smallest absolute Gasteiger partial charge is 0.325 e. The van der Waals surface area contributed by atoms with Gasteiger partial charge >= 0.3 is 5.97 Å². The number of carbonyl (C=O) groups excluding carboxylic acids is 1. The van der Waals surface area contributed by atoms with Crippen molar-refractivity contribution in [3.05, 3.63) is 29.6 Å². The second-order valence-corrected chi connectivity index (χ2v) is 4.45. The van der Waals surface area contributed by atoms with Crippen LogP contribution in [0, 0.1) is 6.92 Å². The Morgan fingerprint density at radius 1 is 1.61 bits per heavy atom. The summed E-state index contributed by atoms with van der Waals surface area (Å²) in [6.07, 6.45) is 3.65. The predicted octanol–water partition coefficient (Wildman–Crippen LogP) is 0.764. The van der Waals surface area contributed by atoms with E-state index in [0.29, 0.717) is 19.8 Å². The molecule has 1 fully saturated rings. The second kappa shape index (κ2) is 5.93. The number of rotatable bonds is 3. The average molecular weight is 250 g/mol. The normalized spacial score (nSPS) is 20.7. The van der Waals surface area contributed by atoms with E-state index in [-0.39, 0.29) is 12.0 Å². The van der Waals surface area contributed by atoms with E-state index in [9.17, 15) is 4.79 Å². The van der Waals surface area contributed by atoms with Crippen molar-refractivity contribution in [2.75, 3.05) is 26.9 Å². The third-order valence-corrected chi connectivity index (χ3v) is 3.03. The van der Waals surface area contributed by atoms with E-state index >= 15 is 0 Å². The number of morpholine rings is 1. The molecule has 2 rings (SSSR count). The largest absolute Gasteiger partial charge is 0.468 e. The zero-order valence-electron chi connectivity index (χ0n) is 10.8. The molecule has 0 aliphatic carbocycles. The van der Waals surface area contributed by atoms with Crippen LogP contribution in [-0.2, 0) is 20.8 Å². The molecule has 0 aromatic carbocycles. The van der Waals surface area contributed by atoms with Crippen LogP contribution in [0.5, 0.6) is 0 Å². The number of carbonyl (C=O) groups is 1. The van der Waals surface area contributed by atoms with Gasteiger partial charge in [0.25, 0.3) is 0 Å². The summed E-state index contributed by atoms with van der Waals surface area (Å²) in [5.74, 6) is -0.240. The third kappa shape index (κ3) is 3.05. The van der Waals surface area contributed by atoms with Gasteiger partial charge < -0.3 is 9.47 Å². The molecule has 18 heavy (non-hydrogen) atoms.